The molecule has 0 spiro atoms. The van der Waals surface area contributed by atoms with Crippen molar-refractivity contribution in [2.75, 3.05) is 20.6 Å². The van der Waals surface area contributed by atoms with Crippen molar-refractivity contribution in [1.29, 1.82) is 0 Å². The Hall–Kier alpha value is -0.860. The first-order valence-corrected chi connectivity index (χ1v) is 8.55. The van der Waals surface area contributed by atoms with Gasteiger partial charge >= 0.3 is 0 Å². The SMILES string of the molecule is CNCC(C)c1ccc(CN(C)C2CCCCC2C)cc1. The molecule has 0 heterocycles. The van der Waals surface area contributed by atoms with Crippen molar-refractivity contribution in [3.63, 3.8) is 0 Å². The maximum Gasteiger partial charge on any atom is 0.0233 e. The molecule has 3 atom stereocenters. The second-order valence-corrected chi connectivity index (χ2v) is 6.94. The lowest BCUT2D eigenvalue weighted by Crippen LogP contribution is -2.38. The van der Waals surface area contributed by atoms with E-state index in [1.165, 1.54) is 36.8 Å². The number of hydrogen-bond acceptors (Lipinski definition) is 2. The van der Waals surface area contributed by atoms with Gasteiger partial charge in [-0.15, -0.1) is 0 Å². The predicted molar refractivity (Wildman–Crippen MR) is 91.7 cm³/mol. The molecule has 118 valence electrons. The molecule has 0 aliphatic heterocycles. The summed E-state index contributed by atoms with van der Waals surface area (Å²) in [7, 11) is 4.31. The van der Waals surface area contributed by atoms with E-state index >= 15 is 0 Å². The Morgan fingerprint density at radius 2 is 1.86 bits per heavy atom. The molecule has 1 aromatic rings. The summed E-state index contributed by atoms with van der Waals surface area (Å²) in [4.78, 5) is 2.57. The summed E-state index contributed by atoms with van der Waals surface area (Å²) in [5, 5.41) is 3.25. The third kappa shape index (κ3) is 4.55. The second-order valence-electron chi connectivity index (χ2n) is 6.94. The fourth-order valence-corrected chi connectivity index (χ4v) is 3.73. The van der Waals surface area contributed by atoms with Crippen molar-refractivity contribution in [3.8, 4) is 0 Å². The average Bonchev–Trinajstić information content (AvgIpc) is 2.48. The van der Waals surface area contributed by atoms with Gasteiger partial charge in [0.15, 0.2) is 0 Å². The van der Waals surface area contributed by atoms with Crippen molar-refractivity contribution in [2.24, 2.45) is 5.92 Å². The summed E-state index contributed by atoms with van der Waals surface area (Å²) in [5.41, 5.74) is 2.87. The fourth-order valence-electron chi connectivity index (χ4n) is 3.73. The van der Waals surface area contributed by atoms with Gasteiger partial charge in [-0.1, -0.05) is 51.0 Å². The highest BCUT2D eigenvalue weighted by atomic mass is 15.1. The summed E-state index contributed by atoms with van der Waals surface area (Å²) < 4.78 is 0. The standard InChI is InChI=1S/C19H32N2/c1-15-7-5-6-8-19(15)21(4)14-17-9-11-18(12-10-17)16(2)13-20-3/h9-12,15-16,19-20H,5-8,13-14H2,1-4H3. The summed E-state index contributed by atoms with van der Waals surface area (Å²) in [6.07, 6.45) is 5.59. The van der Waals surface area contributed by atoms with E-state index < -0.39 is 0 Å². The molecule has 3 unspecified atom stereocenters. The van der Waals surface area contributed by atoms with E-state index in [1.54, 1.807) is 0 Å². The molecule has 1 saturated carbocycles. The summed E-state index contributed by atoms with van der Waals surface area (Å²) in [6.45, 7) is 6.82. The van der Waals surface area contributed by atoms with Gasteiger partial charge in [0, 0.05) is 19.1 Å². The van der Waals surface area contributed by atoms with Crippen LogP contribution in [0.5, 0.6) is 0 Å². The van der Waals surface area contributed by atoms with E-state index in [0.29, 0.717) is 5.92 Å². The van der Waals surface area contributed by atoms with Crippen LogP contribution in [0.25, 0.3) is 0 Å². The van der Waals surface area contributed by atoms with E-state index in [2.05, 4.69) is 55.4 Å². The number of likely N-dealkylation sites (N-methyl/N-ethyl adjacent to an activating group) is 1. The third-order valence-corrected chi connectivity index (χ3v) is 5.12. The molecule has 0 saturated heterocycles. The fraction of sp³-hybridized carbons (Fsp3) is 0.684. The van der Waals surface area contributed by atoms with Gasteiger partial charge in [-0.2, -0.15) is 0 Å². The first-order valence-electron chi connectivity index (χ1n) is 8.55. The molecular weight excluding hydrogens is 256 g/mol. The maximum atomic E-state index is 3.25. The lowest BCUT2D eigenvalue weighted by Gasteiger charge is -2.36. The summed E-state index contributed by atoms with van der Waals surface area (Å²) in [6, 6.07) is 9.99. The number of nitrogens with zero attached hydrogens (tertiary/aromatic N) is 1. The molecule has 1 aromatic carbocycles. The van der Waals surface area contributed by atoms with Crippen LogP contribution in [0.2, 0.25) is 0 Å². The molecule has 2 nitrogen and oxygen atoms in total. The quantitative estimate of drug-likeness (QED) is 0.850. The Morgan fingerprint density at radius 1 is 1.19 bits per heavy atom. The van der Waals surface area contributed by atoms with Crippen molar-refractivity contribution < 1.29 is 0 Å². The molecule has 2 heteroatoms. The Bertz CT molecular complexity index is 412. The molecule has 0 radical (unpaired) electrons. The molecule has 0 aromatic heterocycles. The summed E-state index contributed by atoms with van der Waals surface area (Å²) in [5.74, 6) is 1.43. The van der Waals surface area contributed by atoms with Gasteiger partial charge in [-0.05, 0) is 49.9 Å². The van der Waals surface area contributed by atoms with E-state index in [-0.39, 0.29) is 0 Å². The van der Waals surface area contributed by atoms with Crippen LogP contribution in [0.4, 0.5) is 0 Å². The Kier molecular flexibility index (Phi) is 6.25. The van der Waals surface area contributed by atoms with E-state index in [0.717, 1.165) is 25.0 Å². The summed E-state index contributed by atoms with van der Waals surface area (Å²) >= 11 is 0. The number of rotatable bonds is 6. The molecule has 1 aliphatic carbocycles. The van der Waals surface area contributed by atoms with Crippen LogP contribution < -0.4 is 5.32 Å². The normalized spacial score (nSPS) is 24.2. The van der Waals surface area contributed by atoms with Gasteiger partial charge in [0.2, 0.25) is 0 Å². The molecular formula is C19H32N2. The monoisotopic (exact) mass is 288 g/mol. The Morgan fingerprint density at radius 3 is 2.48 bits per heavy atom. The first kappa shape index (κ1) is 16.5. The third-order valence-electron chi connectivity index (χ3n) is 5.12. The average molecular weight is 288 g/mol. The van der Waals surface area contributed by atoms with E-state index in [1.807, 2.05) is 7.05 Å². The van der Waals surface area contributed by atoms with Crippen LogP contribution in [-0.2, 0) is 6.54 Å². The van der Waals surface area contributed by atoms with Crippen molar-refractivity contribution >= 4 is 0 Å². The van der Waals surface area contributed by atoms with Crippen LogP contribution >= 0.6 is 0 Å². The van der Waals surface area contributed by atoms with Gasteiger partial charge in [-0.25, -0.2) is 0 Å². The lowest BCUT2D eigenvalue weighted by atomic mass is 9.85. The van der Waals surface area contributed by atoms with Crippen LogP contribution in [0.3, 0.4) is 0 Å². The van der Waals surface area contributed by atoms with Crippen LogP contribution in [0.15, 0.2) is 24.3 Å². The van der Waals surface area contributed by atoms with Crippen molar-refractivity contribution in [2.45, 2.75) is 58.0 Å². The molecule has 0 bridgehead atoms. The zero-order valence-electron chi connectivity index (χ0n) is 14.2. The van der Waals surface area contributed by atoms with E-state index in [9.17, 15) is 0 Å². The van der Waals surface area contributed by atoms with Gasteiger partial charge < -0.3 is 5.32 Å². The van der Waals surface area contributed by atoms with Crippen molar-refractivity contribution in [1.82, 2.24) is 10.2 Å². The predicted octanol–water partition coefficient (Wildman–Crippen LogP) is 4.02. The molecule has 21 heavy (non-hydrogen) atoms. The topological polar surface area (TPSA) is 15.3 Å². The highest BCUT2D eigenvalue weighted by Gasteiger charge is 2.24. The lowest BCUT2D eigenvalue weighted by molar-refractivity contribution is 0.133. The van der Waals surface area contributed by atoms with Gasteiger partial charge in [0.05, 0.1) is 0 Å². The first-order chi connectivity index (χ1) is 10.1. The maximum absolute atomic E-state index is 3.25. The second kappa shape index (κ2) is 7.95. The van der Waals surface area contributed by atoms with Gasteiger partial charge in [-0.3, -0.25) is 4.90 Å². The highest BCUT2D eigenvalue weighted by Crippen LogP contribution is 2.28. The minimum atomic E-state index is 0.583. The minimum absolute atomic E-state index is 0.583. The Balaban J connectivity index is 1.93. The van der Waals surface area contributed by atoms with E-state index in [4.69, 9.17) is 0 Å². The molecule has 1 fully saturated rings. The number of hydrogen-bond donors (Lipinski definition) is 1. The zero-order chi connectivity index (χ0) is 15.2. The molecule has 0 amide bonds. The Labute approximate surface area is 130 Å². The van der Waals surface area contributed by atoms with Crippen LogP contribution in [0, 0.1) is 5.92 Å². The van der Waals surface area contributed by atoms with Crippen LogP contribution in [-0.4, -0.2) is 31.6 Å². The zero-order valence-corrected chi connectivity index (χ0v) is 14.2. The minimum Gasteiger partial charge on any atom is -0.319 e. The van der Waals surface area contributed by atoms with Gasteiger partial charge in [0.25, 0.3) is 0 Å². The smallest absolute Gasteiger partial charge is 0.0233 e. The number of benzene rings is 1. The van der Waals surface area contributed by atoms with Crippen LogP contribution in [0.1, 0.15) is 56.6 Å². The molecule has 1 aliphatic rings. The largest absolute Gasteiger partial charge is 0.319 e. The molecule has 1 N–H and O–H groups in total. The number of nitrogens with one attached hydrogen (secondary N) is 1. The highest BCUT2D eigenvalue weighted by molar-refractivity contribution is 5.25. The molecule has 2 rings (SSSR count). The van der Waals surface area contributed by atoms with Crippen molar-refractivity contribution in [3.05, 3.63) is 35.4 Å². The van der Waals surface area contributed by atoms with Gasteiger partial charge in [0.1, 0.15) is 0 Å².